The number of rotatable bonds is 1. The maximum absolute atomic E-state index is 6.72. The van der Waals surface area contributed by atoms with Crippen molar-refractivity contribution in [2.24, 2.45) is 10.2 Å². The van der Waals surface area contributed by atoms with Gasteiger partial charge in [0, 0.05) is 0 Å². The number of alkyl halides is 1. The molecule has 0 aromatic rings. The topological polar surface area (TPSA) is 24.7 Å². The van der Waals surface area contributed by atoms with Crippen molar-refractivity contribution < 1.29 is 0 Å². The van der Waals surface area contributed by atoms with Crippen molar-refractivity contribution in [2.75, 3.05) is 0 Å². The monoisotopic (exact) mass is 286 g/mol. The van der Waals surface area contributed by atoms with Crippen LogP contribution in [-0.4, -0.2) is 10.5 Å². The summed E-state index contributed by atoms with van der Waals surface area (Å²) in [6, 6.07) is 0. The van der Waals surface area contributed by atoms with Crippen LogP contribution in [-0.2, 0) is 0 Å². The molecule has 0 radical (unpaired) electrons. The fraction of sp³-hybridized carbons (Fsp3) is 1.00. The lowest BCUT2D eigenvalue weighted by Crippen LogP contribution is -2.20. The highest BCUT2D eigenvalue weighted by Crippen LogP contribution is 2.33. The number of halogens is 1. The van der Waals surface area contributed by atoms with Crippen LogP contribution in [0.3, 0.4) is 0 Å². The van der Waals surface area contributed by atoms with Gasteiger partial charge in [-0.25, -0.2) is 0 Å². The van der Waals surface area contributed by atoms with Crippen LogP contribution in [0.1, 0.15) is 91.4 Å². The van der Waals surface area contributed by atoms with Gasteiger partial charge in [-0.1, -0.05) is 56.5 Å². The Morgan fingerprint density at radius 3 is 1.47 bits per heavy atom. The smallest absolute Gasteiger partial charge is 0.154 e. The van der Waals surface area contributed by atoms with E-state index < -0.39 is 5.00 Å². The van der Waals surface area contributed by atoms with Crippen molar-refractivity contribution in [1.29, 1.82) is 0 Å². The van der Waals surface area contributed by atoms with Crippen LogP contribution in [0.5, 0.6) is 0 Å². The van der Waals surface area contributed by atoms with Crippen LogP contribution in [0.25, 0.3) is 0 Å². The summed E-state index contributed by atoms with van der Waals surface area (Å²) in [7, 11) is 0. The fourth-order valence-electron chi connectivity index (χ4n) is 2.49. The molecule has 1 saturated carbocycles. The summed E-state index contributed by atoms with van der Waals surface area (Å²) in [6.45, 7) is 6.23. The highest BCUT2D eigenvalue weighted by atomic mass is 35.5. The molecule has 3 heteroatoms. The van der Waals surface area contributed by atoms with Crippen molar-refractivity contribution in [3.05, 3.63) is 0 Å². The molecule has 0 N–H and O–H groups in total. The first kappa shape index (κ1) is 16.9. The third-order valence-corrected chi connectivity index (χ3v) is 4.10. The molecule has 1 aliphatic rings. The van der Waals surface area contributed by atoms with Gasteiger partial charge in [-0.05, 0) is 46.5 Å². The second-order valence-corrected chi connectivity index (χ2v) is 7.67. The Bertz CT molecular complexity index is 256. The van der Waals surface area contributed by atoms with Crippen LogP contribution in [0.15, 0.2) is 10.2 Å². The van der Waals surface area contributed by atoms with E-state index >= 15 is 0 Å². The molecule has 0 aliphatic heterocycles. The molecule has 0 aromatic heterocycles. The summed E-state index contributed by atoms with van der Waals surface area (Å²) in [5.41, 5.74) is -0.119. The van der Waals surface area contributed by atoms with Crippen molar-refractivity contribution in [2.45, 2.75) is 102 Å². The molecule has 0 saturated heterocycles. The molecule has 1 aliphatic carbocycles. The van der Waals surface area contributed by atoms with E-state index in [-0.39, 0.29) is 5.54 Å². The highest BCUT2D eigenvalue weighted by molar-refractivity contribution is 6.23. The lowest BCUT2D eigenvalue weighted by atomic mass is 9.98. The Labute approximate surface area is 124 Å². The first-order valence-corrected chi connectivity index (χ1v) is 8.42. The standard InChI is InChI=1S/C16H31ClN2/c1-15(2,3)18-19-16(17)13-11-9-7-5-4-6-8-10-12-14-16/h4-14H2,1-3H3. The van der Waals surface area contributed by atoms with Gasteiger partial charge >= 0.3 is 0 Å². The zero-order valence-electron chi connectivity index (χ0n) is 13.1. The molecule has 0 heterocycles. The molecular weight excluding hydrogens is 256 g/mol. The van der Waals surface area contributed by atoms with Crippen molar-refractivity contribution in [3.8, 4) is 0 Å². The Hall–Kier alpha value is -0.110. The first-order chi connectivity index (χ1) is 8.91. The van der Waals surface area contributed by atoms with Gasteiger partial charge in [-0.2, -0.15) is 10.2 Å². The van der Waals surface area contributed by atoms with Gasteiger partial charge in [0.15, 0.2) is 5.00 Å². The van der Waals surface area contributed by atoms with Crippen LogP contribution >= 0.6 is 11.6 Å². The molecule has 112 valence electrons. The van der Waals surface area contributed by atoms with E-state index in [4.69, 9.17) is 11.6 Å². The maximum atomic E-state index is 6.72. The van der Waals surface area contributed by atoms with Crippen LogP contribution < -0.4 is 0 Å². The number of hydrogen-bond acceptors (Lipinski definition) is 2. The summed E-state index contributed by atoms with van der Waals surface area (Å²) in [5.74, 6) is 0. The number of azo groups is 1. The van der Waals surface area contributed by atoms with Crippen LogP contribution in [0.4, 0.5) is 0 Å². The van der Waals surface area contributed by atoms with Crippen LogP contribution in [0.2, 0.25) is 0 Å². The largest absolute Gasteiger partial charge is 0.187 e. The third kappa shape index (κ3) is 8.62. The molecule has 0 bridgehead atoms. The Morgan fingerprint density at radius 2 is 1.11 bits per heavy atom. The summed E-state index contributed by atoms with van der Waals surface area (Å²) in [6.07, 6.45) is 13.8. The van der Waals surface area contributed by atoms with Crippen molar-refractivity contribution >= 4 is 11.6 Å². The SMILES string of the molecule is CC(C)(C)N=NC1(Cl)CCCCCCCCCCC1. The first-order valence-electron chi connectivity index (χ1n) is 8.04. The summed E-state index contributed by atoms with van der Waals surface area (Å²) >= 11 is 6.72. The fourth-order valence-corrected chi connectivity index (χ4v) is 2.80. The van der Waals surface area contributed by atoms with Gasteiger partial charge in [0.2, 0.25) is 0 Å². The van der Waals surface area contributed by atoms with Gasteiger partial charge < -0.3 is 0 Å². The van der Waals surface area contributed by atoms with Gasteiger partial charge in [-0.3, -0.25) is 0 Å². The maximum Gasteiger partial charge on any atom is 0.154 e. The van der Waals surface area contributed by atoms with E-state index in [1.54, 1.807) is 0 Å². The third-order valence-electron chi connectivity index (χ3n) is 3.65. The average Bonchev–Trinajstić information content (AvgIpc) is 2.31. The molecule has 1 fully saturated rings. The molecule has 19 heavy (non-hydrogen) atoms. The molecule has 0 aromatic carbocycles. The van der Waals surface area contributed by atoms with E-state index in [9.17, 15) is 0 Å². The van der Waals surface area contributed by atoms with Crippen LogP contribution in [0, 0.1) is 0 Å². The van der Waals surface area contributed by atoms with Gasteiger partial charge in [0.05, 0.1) is 5.54 Å². The molecule has 1 rings (SSSR count). The molecular formula is C16H31ClN2. The number of nitrogens with zero attached hydrogens (tertiary/aromatic N) is 2. The zero-order chi connectivity index (χ0) is 14.2. The van der Waals surface area contributed by atoms with E-state index in [0.717, 1.165) is 12.8 Å². The van der Waals surface area contributed by atoms with E-state index in [1.165, 1.54) is 57.8 Å². The van der Waals surface area contributed by atoms with Gasteiger partial charge in [0.1, 0.15) is 0 Å². The molecule has 0 unspecified atom stereocenters. The summed E-state index contributed by atoms with van der Waals surface area (Å²) < 4.78 is 0. The molecule has 0 atom stereocenters. The Balaban J connectivity index is 2.56. The second-order valence-electron chi connectivity index (χ2n) is 6.97. The number of hydrogen-bond donors (Lipinski definition) is 0. The minimum absolute atomic E-state index is 0.119. The van der Waals surface area contributed by atoms with E-state index in [0.29, 0.717) is 0 Å². The highest BCUT2D eigenvalue weighted by Gasteiger charge is 2.27. The predicted octanol–water partition coefficient (Wildman–Crippen LogP) is 6.48. The molecule has 0 amide bonds. The molecule has 0 spiro atoms. The average molecular weight is 287 g/mol. The quantitative estimate of drug-likeness (QED) is 0.299. The zero-order valence-corrected chi connectivity index (χ0v) is 13.8. The van der Waals surface area contributed by atoms with Gasteiger partial charge in [0.25, 0.3) is 0 Å². The van der Waals surface area contributed by atoms with Gasteiger partial charge in [-0.15, -0.1) is 0 Å². The summed E-state index contributed by atoms with van der Waals surface area (Å²) in [4.78, 5) is -0.438. The van der Waals surface area contributed by atoms with E-state index in [2.05, 4.69) is 31.0 Å². The summed E-state index contributed by atoms with van der Waals surface area (Å²) in [5, 5.41) is 8.92. The minimum atomic E-state index is -0.438. The Morgan fingerprint density at radius 1 is 0.737 bits per heavy atom. The van der Waals surface area contributed by atoms with E-state index in [1.807, 2.05) is 0 Å². The Kier molecular flexibility index (Phi) is 7.35. The lowest BCUT2D eigenvalue weighted by Gasteiger charge is -2.23. The minimum Gasteiger partial charge on any atom is -0.187 e. The second kappa shape index (κ2) is 8.24. The van der Waals surface area contributed by atoms with Crippen molar-refractivity contribution in [3.63, 3.8) is 0 Å². The van der Waals surface area contributed by atoms with Crippen molar-refractivity contribution in [1.82, 2.24) is 0 Å². The normalized spacial score (nSPS) is 23.8. The molecule has 2 nitrogen and oxygen atoms in total. The predicted molar refractivity (Wildman–Crippen MR) is 84.0 cm³/mol. The lowest BCUT2D eigenvalue weighted by molar-refractivity contribution is 0.400.